The van der Waals surface area contributed by atoms with Crippen LogP contribution in [0.1, 0.15) is 41.9 Å². The average molecular weight is 443 g/mol. The molecule has 1 N–H and O–H groups in total. The molecule has 0 fully saturated rings. The highest BCUT2D eigenvalue weighted by atomic mass is 19.4. The second-order valence-electron chi connectivity index (χ2n) is 7.80. The lowest BCUT2D eigenvalue weighted by atomic mass is 10.0. The Morgan fingerprint density at radius 2 is 1.87 bits per heavy atom. The van der Waals surface area contributed by atoms with E-state index < -0.39 is 41.2 Å². The van der Waals surface area contributed by atoms with Crippen molar-refractivity contribution in [3.8, 4) is 0 Å². The van der Waals surface area contributed by atoms with Crippen LogP contribution in [-0.2, 0) is 19.2 Å². The highest BCUT2D eigenvalue weighted by Crippen LogP contribution is 2.40. The van der Waals surface area contributed by atoms with Crippen LogP contribution in [0.2, 0.25) is 0 Å². The molecule has 1 aromatic carbocycles. The van der Waals surface area contributed by atoms with Gasteiger partial charge in [0.2, 0.25) is 5.60 Å². The van der Waals surface area contributed by atoms with Crippen LogP contribution in [0.15, 0.2) is 18.3 Å². The van der Waals surface area contributed by atoms with Gasteiger partial charge in [0.05, 0.1) is 30.0 Å². The summed E-state index contributed by atoms with van der Waals surface area (Å²) < 4.78 is 69.7. The van der Waals surface area contributed by atoms with E-state index in [9.17, 15) is 31.9 Å². The van der Waals surface area contributed by atoms with Crippen molar-refractivity contribution >= 4 is 16.8 Å². The number of hydrogen-bond acceptors (Lipinski definition) is 4. The summed E-state index contributed by atoms with van der Waals surface area (Å²) in [6.45, 7) is 2.13. The fourth-order valence-electron chi connectivity index (χ4n) is 3.87. The van der Waals surface area contributed by atoms with Crippen LogP contribution in [0.3, 0.4) is 0 Å². The fourth-order valence-corrected chi connectivity index (χ4v) is 3.87. The maximum Gasteiger partial charge on any atom is 0.424 e. The van der Waals surface area contributed by atoms with Crippen LogP contribution in [-0.4, -0.2) is 48.0 Å². The molecule has 0 aliphatic carbocycles. The molecule has 0 saturated heterocycles. The lowest BCUT2D eigenvalue weighted by Crippen LogP contribution is -2.45. The molecule has 0 spiro atoms. The number of aromatic nitrogens is 4. The summed E-state index contributed by atoms with van der Waals surface area (Å²) >= 11 is 0. The molecule has 1 aliphatic heterocycles. The minimum atomic E-state index is -4.94. The van der Waals surface area contributed by atoms with E-state index in [-0.39, 0.29) is 29.7 Å². The molecule has 2 atom stereocenters. The third-order valence-electron chi connectivity index (χ3n) is 5.52. The smallest absolute Gasteiger partial charge is 0.374 e. The Morgan fingerprint density at radius 3 is 2.52 bits per heavy atom. The molecule has 3 aromatic rings. The van der Waals surface area contributed by atoms with E-state index >= 15 is 0 Å². The number of rotatable bonds is 2. The first-order chi connectivity index (χ1) is 14.3. The zero-order chi connectivity index (χ0) is 22.9. The maximum atomic E-state index is 13.7. The van der Waals surface area contributed by atoms with Crippen LogP contribution in [0, 0.1) is 11.6 Å². The van der Waals surface area contributed by atoms with E-state index in [0.29, 0.717) is 12.6 Å². The number of aliphatic hydroxyl groups is 1. The second kappa shape index (κ2) is 6.74. The largest absolute Gasteiger partial charge is 0.424 e. The first-order valence-electron chi connectivity index (χ1n) is 9.29. The van der Waals surface area contributed by atoms with E-state index in [1.807, 2.05) is 0 Å². The van der Waals surface area contributed by atoms with Gasteiger partial charge in [-0.25, -0.2) is 13.8 Å². The van der Waals surface area contributed by atoms with Crippen molar-refractivity contribution in [2.75, 3.05) is 6.54 Å². The van der Waals surface area contributed by atoms with Crippen molar-refractivity contribution in [1.29, 1.82) is 0 Å². The van der Waals surface area contributed by atoms with Crippen molar-refractivity contribution in [1.82, 2.24) is 24.2 Å². The molecular weight excluding hydrogens is 425 g/mol. The molecule has 4 rings (SSSR count). The summed E-state index contributed by atoms with van der Waals surface area (Å²) in [6.07, 6.45) is -3.76. The number of carbonyl (C=O) groups excluding carboxylic acids is 1. The minimum Gasteiger partial charge on any atom is -0.374 e. The Balaban J connectivity index is 1.71. The van der Waals surface area contributed by atoms with Crippen LogP contribution < -0.4 is 0 Å². The highest BCUT2D eigenvalue weighted by molar-refractivity contribution is 6.04. The number of nitrogens with zero attached hydrogens (tertiary/aromatic N) is 5. The van der Waals surface area contributed by atoms with Gasteiger partial charge in [0.25, 0.3) is 5.91 Å². The quantitative estimate of drug-likeness (QED) is 0.618. The van der Waals surface area contributed by atoms with Crippen molar-refractivity contribution in [3.63, 3.8) is 0 Å². The molecule has 0 radical (unpaired) electrons. The van der Waals surface area contributed by atoms with Gasteiger partial charge in [0.15, 0.2) is 23.2 Å². The number of halogens is 5. The summed E-state index contributed by atoms with van der Waals surface area (Å²) in [6, 6.07) is 1.19. The predicted molar refractivity (Wildman–Crippen MR) is 97.9 cm³/mol. The Bertz CT molecular complexity index is 1200. The molecule has 3 heterocycles. The van der Waals surface area contributed by atoms with Gasteiger partial charge in [-0.05, 0) is 19.9 Å². The monoisotopic (exact) mass is 443 g/mol. The number of amides is 1. The Kier molecular flexibility index (Phi) is 4.61. The second-order valence-corrected chi connectivity index (χ2v) is 7.80. The number of aryl methyl sites for hydroxylation is 1. The summed E-state index contributed by atoms with van der Waals surface area (Å²) in [7, 11) is 1.48. The van der Waals surface area contributed by atoms with E-state index in [1.165, 1.54) is 27.4 Å². The Hall–Kier alpha value is -3.02. The lowest BCUT2D eigenvalue weighted by molar-refractivity contribution is -0.263. The first-order valence-corrected chi connectivity index (χ1v) is 9.29. The molecule has 1 amide bonds. The van der Waals surface area contributed by atoms with Gasteiger partial charge in [0, 0.05) is 25.0 Å². The normalized spacial score (nSPS) is 18.9. The van der Waals surface area contributed by atoms with Gasteiger partial charge in [-0.1, -0.05) is 0 Å². The molecule has 166 valence electrons. The third-order valence-corrected chi connectivity index (χ3v) is 5.52. The fraction of sp³-hybridized carbons (Fsp3) is 0.421. The molecule has 0 saturated carbocycles. The Morgan fingerprint density at radius 1 is 1.23 bits per heavy atom. The van der Waals surface area contributed by atoms with Gasteiger partial charge in [-0.3, -0.25) is 9.48 Å². The highest BCUT2D eigenvalue weighted by Gasteiger charge is 2.55. The number of carbonyl (C=O) groups is 1. The number of fused-ring (bicyclic) bond motifs is 2. The van der Waals surface area contributed by atoms with E-state index in [1.54, 1.807) is 6.92 Å². The van der Waals surface area contributed by atoms with Crippen molar-refractivity contribution in [2.24, 2.45) is 7.05 Å². The number of alkyl halides is 3. The Labute approximate surface area is 172 Å². The average Bonchev–Trinajstić information content (AvgIpc) is 3.23. The summed E-state index contributed by atoms with van der Waals surface area (Å²) in [5.41, 5.74) is -2.74. The van der Waals surface area contributed by atoms with Crippen LogP contribution in [0.4, 0.5) is 22.0 Å². The van der Waals surface area contributed by atoms with Gasteiger partial charge >= 0.3 is 6.18 Å². The van der Waals surface area contributed by atoms with Crippen molar-refractivity contribution < 1.29 is 31.9 Å². The van der Waals surface area contributed by atoms with E-state index in [2.05, 4.69) is 10.1 Å². The van der Waals surface area contributed by atoms with Crippen LogP contribution in [0.25, 0.3) is 10.9 Å². The predicted octanol–water partition coefficient (Wildman–Crippen LogP) is 3.03. The van der Waals surface area contributed by atoms with Gasteiger partial charge in [0.1, 0.15) is 0 Å². The first kappa shape index (κ1) is 21.2. The molecule has 2 aromatic heterocycles. The van der Waals surface area contributed by atoms with Gasteiger partial charge in [-0.15, -0.1) is 0 Å². The summed E-state index contributed by atoms with van der Waals surface area (Å²) in [4.78, 5) is 18.2. The lowest BCUT2D eigenvalue weighted by Gasteiger charge is -2.36. The molecule has 0 bridgehead atoms. The minimum absolute atomic E-state index is 0.00484. The summed E-state index contributed by atoms with van der Waals surface area (Å²) in [5.74, 6) is -3.34. The number of imidazole rings is 1. The molecule has 12 heteroatoms. The number of hydrogen-bond donors (Lipinski definition) is 1. The molecule has 7 nitrogen and oxygen atoms in total. The molecular formula is C19H18F5N5O2. The zero-order valence-corrected chi connectivity index (χ0v) is 16.7. The van der Waals surface area contributed by atoms with Crippen LogP contribution in [0.5, 0.6) is 0 Å². The van der Waals surface area contributed by atoms with Crippen molar-refractivity contribution in [2.45, 2.75) is 38.2 Å². The van der Waals surface area contributed by atoms with Gasteiger partial charge in [-0.2, -0.15) is 18.3 Å². The standard InChI is InChI=1S/C19H18F5N5O2/c1-9-7-28(8-10-6-25-17(29(9)10)18(2,31)19(22,23)24)16(30)15-11-4-12(20)13(21)5-14(11)27(3)26-15/h4-6,9,31H,7-8H2,1-3H3/t9-,18?/m0/s1. The molecule has 1 aliphatic rings. The van der Waals surface area contributed by atoms with E-state index in [0.717, 1.165) is 12.1 Å². The molecule has 1 unspecified atom stereocenters. The zero-order valence-electron chi connectivity index (χ0n) is 16.7. The van der Waals surface area contributed by atoms with Crippen LogP contribution >= 0.6 is 0 Å². The molecule has 31 heavy (non-hydrogen) atoms. The van der Waals surface area contributed by atoms with Crippen molar-refractivity contribution in [3.05, 3.63) is 47.2 Å². The summed E-state index contributed by atoms with van der Waals surface area (Å²) in [5, 5.41) is 14.2. The topological polar surface area (TPSA) is 76.2 Å². The van der Waals surface area contributed by atoms with E-state index in [4.69, 9.17) is 0 Å². The SMILES string of the molecule is C[C@H]1CN(C(=O)c2nn(C)c3cc(F)c(F)cc23)Cc2cnc(C(C)(O)C(F)(F)F)n21. The third kappa shape index (κ3) is 3.16. The maximum absolute atomic E-state index is 13.7. The van der Waals surface area contributed by atoms with Gasteiger partial charge < -0.3 is 14.6 Å². The number of benzene rings is 1.